The molecule has 0 amide bonds. The summed E-state index contributed by atoms with van der Waals surface area (Å²) in [6.45, 7) is -0.0203. The van der Waals surface area contributed by atoms with E-state index in [0.717, 1.165) is 35.3 Å². The molecule has 0 radical (unpaired) electrons. The van der Waals surface area contributed by atoms with Crippen LogP contribution in [0.15, 0.2) is 53.3 Å². The molecule has 0 N–H and O–H groups in total. The number of rotatable bonds is 7. The van der Waals surface area contributed by atoms with E-state index in [4.69, 9.17) is 9.26 Å². The molecule has 0 aliphatic rings. The summed E-state index contributed by atoms with van der Waals surface area (Å²) in [5.41, 5.74) is 2.03. The first-order valence-electron chi connectivity index (χ1n) is 10.6. The number of aromatic nitrogens is 9. The summed E-state index contributed by atoms with van der Waals surface area (Å²) < 4.78 is 52.4. The van der Waals surface area contributed by atoms with E-state index in [1.807, 2.05) is 24.3 Å². The molecule has 0 fully saturated rings. The standard InChI is InChI=1S/C22H18F3N9O2/c1-33-17(12-35-19-8-7-15(10-26-19)22(23,24)25)16(11-27-33)21-28-20(30-36-21)14-5-3-13(4-6-14)9-18-29-31-32-34(18)2/h3-8,10-11H,9,12H2,1-2H3. The van der Waals surface area contributed by atoms with E-state index < -0.39 is 11.7 Å². The van der Waals surface area contributed by atoms with Gasteiger partial charge in [0.15, 0.2) is 5.82 Å². The lowest BCUT2D eigenvalue weighted by molar-refractivity contribution is -0.137. The molecule has 0 saturated heterocycles. The zero-order valence-electron chi connectivity index (χ0n) is 19.0. The predicted molar refractivity (Wildman–Crippen MR) is 117 cm³/mol. The van der Waals surface area contributed by atoms with Gasteiger partial charge in [-0.1, -0.05) is 29.4 Å². The number of benzene rings is 1. The van der Waals surface area contributed by atoms with E-state index in [2.05, 4.69) is 35.7 Å². The number of pyridine rings is 1. The van der Waals surface area contributed by atoms with Crippen LogP contribution in [0.2, 0.25) is 0 Å². The second-order valence-electron chi connectivity index (χ2n) is 7.82. The molecule has 0 saturated carbocycles. The summed E-state index contributed by atoms with van der Waals surface area (Å²) in [6, 6.07) is 9.68. The van der Waals surface area contributed by atoms with Gasteiger partial charge in [-0.3, -0.25) is 4.68 Å². The highest BCUT2D eigenvalue weighted by atomic mass is 19.4. The summed E-state index contributed by atoms with van der Waals surface area (Å²) in [4.78, 5) is 8.19. The lowest BCUT2D eigenvalue weighted by Crippen LogP contribution is -2.07. The molecule has 11 nitrogen and oxygen atoms in total. The van der Waals surface area contributed by atoms with Crippen LogP contribution in [0.25, 0.3) is 22.8 Å². The number of halogens is 3. The van der Waals surface area contributed by atoms with Crippen molar-refractivity contribution in [1.29, 1.82) is 0 Å². The fraction of sp³-hybridized carbons (Fsp3) is 0.227. The molecule has 0 aliphatic heterocycles. The van der Waals surface area contributed by atoms with Gasteiger partial charge in [0.25, 0.3) is 5.89 Å². The molecule has 14 heteroatoms. The summed E-state index contributed by atoms with van der Waals surface area (Å²) >= 11 is 0. The van der Waals surface area contributed by atoms with Crippen molar-refractivity contribution in [2.24, 2.45) is 14.1 Å². The Balaban J connectivity index is 1.30. The summed E-state index contributed by atoms with van der Waals surface area (Å²) in [6.07, 6.45) is -1.62. The van der Waals surface area contributed by atoms with Gasteiger partial charge in [0.05, 0.1) is 23.0 Å². The molecule has 0 bridgehead atoms. The lowest BCUT2D eigenvalue weighted by Gasteiger charge is -2.09. The maximum atomic E-state index is 12.7. The van der Waals surface area contributed by atoms with E-state index >= 15 is 0 Å². The molecule has 0 aliphatic carbocycles. The number of hydrogen-bond donors (Lipinski definition) is 0. The summed E-state index contributed by atoms with van der Waals surface area (Å²) in [5, 5.41) is 19.7. The van der Waals surface area contributed by atoms with Crippen LogP contribution in [0, 0.1) is 0 Å². The van der Waals surface area contributed by atoms with Crippen LogP contribution in [0.1, 0.15) is 22.6 Å². The normalized spacial score (nSPS) is 11.7. The van der Waals surface area contributed by atoms with E-state index in [1.54, 1.807) is 29.7 Å². The van der Waals surface area contributed by atoms with Crippen molar-refractivity contribution in [3.8, 4) is 28.7 Å². The Morgan fingerprint density at radius 1 is 1.00 bits per heavy atom. The number of nitrogens with zero attached hydrogens (tertiary/aromatic N) is 9. The van der Waals surface area contributed by atoms with E-state index in [1.165, 1.54) is 0 Å². The summed E-state index contributed by atoms with van der Waals surface area (Å²) in [7, 11) is 3.48. The smallest absolute Gasteiger partial charge is 0.417 e. The van der Waals surface area contributed by atoms with Crippen LogP contribution in [0.4, 0.5) is 13.2 Å². The first-order chi connectivity index (χ1) is 17.3. The Hall–Kier alpha value is -4.62. The van der Waals surface area contributed by atoms with Gasteiger partial charge in [0.2, 0.25) is 11.7 Å². The van der Waals surface area contributed by atoms with Gasteiger partial charge in [-0.2, -0.15) is 23.3 Å². The maximum absolute atomic E-state index is 12.7. The van der Waals surface area contributed by atoms with Crippen LogP contribution >= 0.6 is 0 Å². The Bertz CT molecular complexity index is 1470. The van der Waals surface area contributed by atoms with Gasteiger partial charge < -0.3 is 9.26 Å². The Labute approximate surface area is 201 Å². The average molecular weight is 497 g/mol. The van der Waals surface area contributed by atoms with Crippen molar-refractivity contribution in [3.05, 3.63) is 71.4 Å². The molecule has 184 valence electrons. The molecular formula is C22H18F3N9O2. The van der Waals surface area contributed by atoms with Gasteiger partial charge in [-0.25, -0.2) is 9.67 Å². The van der Waals surface area contributed by atoms with Gasteiger partial charge in [-0.15, -0.1) is 5.10 Å². The van der Waals surface area contributed by atoms with E-state index in [0.29, 0.717) is 23.5 Å². The van der Waals surface area contributed by atoms with Crippen LogP contribution in [-0.4, -0.2) is 45.1 Å². The monoisotopic (exact) mass is 497 g/mol. The number of tetrazole rings is 1. The molecule has 0 spiro atoms. The minimum absolute atomic E-state index is 0.0203. The zero-order valence-corrected chi connectivity index (χ0v) is 19.0. The molecule has 36 heavy (non-hydrogen) atoms. The maximum Gasteiger partial charge on any atom is 0.417 e. The van der Waals surface area contributed by atoms with Crippen molar-refractivity contribution in [2.45, 2.75) is 19.2 Å². The average Bonchev–Trinajstić information content (AvgIpc) is 3.59. The van der Waals surface area contributed by atoms with Gasteiger partial charge in [0, 0.05) is 38.3 Å². The molecular weight excluding hydrogens is 479 g/mol. The number of aryl methyl sites for hydroxylation is 2. The van der Waals surface area contributed by atoms with Gasteiger partial charge >= 0.3 is 6.18 Å². The van der Waals surface area contributed by atoms with Crippen LogP contribution < -0.4 is 4.74 Å². The third-order valence-electron chi connectivity index (χ3n) is 5.42. The summed E-state index contributed by atoms with van der Waals surface area (Å²) in [5.74, 6) is 1.39. The third kappa shape index (κ3) is 4.78. The highest BCUT2D eigenvalue weighted by Gasteiger charge is 2.30. The SMILES string of the molecule is Cn1nnnc1Cc1ccc(-c2noc(-c3cnn(C)c3COc3ccc(C(F)(F)F)cn3)n2)cc1. The van der Waals surface area contributed by atoms with Crippen molar-refractivity contribution in [2.75, 3.05) is 0 Å². The van der Waals surface area contributed by atoms with Crippen molar-refractivity contribution < 1.29 is 22.4 Å². The van der Waals surface area contributed by atoms with Gasteiger partial charge in [0.1, 0.15) is 6.61 Å². The second-order valence-corrected chi connectivity index (χ2v) is 7.82. The van der Waals surface area contributed by atoms with E-state index in [9.17, 15) is 13.2 Å². The van der Waals surface area contributed by atoms with Gasteiger partial charge in [-0.05, 0) is 22.1 Å². The molecule has 1 aromatic carbocycles. The second kappa shape index (κ2) is 9.20. The number of hydrogen-bond acceptors (Lipinski definition) is 9. The number of alkyl halides is 3. The Morgan fingerprint density at radius 2 is 1.81 bits per heavy atom. The first kappa shape index (κ1) is 23.1. The molecule has 5 rings (SSSR count). The number of ether oxygens (including phenoxy) is 1. The highest BCUT2D eigenvalue weighted by molar-refractivity contribution is 5.61. The molecule has 4 heterocycles. The topological polar surface area (TPSA) is 122 Å². The zero-order chi connectivity index (χ0) is 25.3. The minimum Gasteiger partial charge on any atom is -0.471 e. The molecule has 5 aromatic rings. The van der Waals surface area contributed by atoms with Crippen molar-refractivity contribution >= 4 is 0 Å². The molecule has 0 unspecified atom stereocenters. The van der Waals surface area contributed by atoms with Crippen molar-refractivity contribution in [3.63, 3.8) is 0 Å². The Morgan fingerprint density at radius 3 is 2.47 bits per heavy atom. The Kier molecular flexibility index (Phi) is 5.91. The van der Waals surface area contributed by atoms with Crippen LogP contribution in [-0.2, 0) is 33.3 Å². The fourth-order valence-corrected chi connectivity index (χ4v) is 3.39. The molecule has 4 aromatic heterocycles. The minimum atomic E-state index is -4.47. The van der Waals surface area contributed by atoms with Crippen LogP contribution in [0.5, 0.6) is 5.88 Å². The fourth-order valence-electron chi connectivity index (χ4n) is 3.39. The quantitative estimate of drug-likeness (QED) is 0.333. The lowest BCUT2D eigenvalue weighted by atomic mass is 10.1. The highest BCUT2D eigenvalue weighted by Crippen LogP contribution is 2.30. The van der Waals surface area contributed by atoms with Crippen molar-refractivity contribution in [1.82, 2.24) is 45.1 Å². The third-order valence-corrected chi connectivity index (χ3v) is 5.42. The van der Waals surface area contributed by atoms with Crippen LogP contribution in [0.3, 0.4) is 0 Å². The largest absolute Gasteiger partial charge is 0.471 e. The molecule has 0 atom stereocenters. The predicted octanol–water partition coefficient (Wildman–Crippen LogP) is 3.24. The first-order valence-corrected chi connectivity index (χ1v) is 10.6. The van der Waals surface area contributed by atoms with E-state index in [-0.39, 0.29) is 18.4 Å².